The second-order valence-electron chi connectivity index (χ2n) is 4.13. The fourth-order valence-corrected chi connectivity index (χ4v) is 1.87. The third kappa shape index (κ3) is 5.42. The molecule has 0 bridgehead atoms. The second kappa shape index (κ2) is 7.57. The monoisotopic (exact) mass is 244 g/mol. The summed E-state index contributed by atoms with van der Waals surface area (Å²) in [6, 6.07) is 0. The molecule has 0 aromatic heterocycles. The molecule has 1 saturated heterocycles. The number of unbranched alkanes of at least 4 members (excludes halogenated alkanes) is 1. The van der Waals surface area contributed by atoms with Crippen LogP contribution in [0.1, 0.15) is 32.1 Å². The standard InChI is InChI=1S/C11H20N2O2S/c12-10(16)5-1-2-6-13-11(14)9-4-3-7-15-8-9/h9H,1-8H2,(H2,12,16)(H,13,14). The van der Waals surface area contributed by atoms with Gasteiger partial charge in [0.15, 0.2) is 0 Å². The van der Waals surface area contributed by atoms with E-state index >= 15 is 0 Å². The predicted molar refractivity (Wildman–Crippen MR) is 67.2 cm³/mol. The molecule has 1 aliphatic heterocycles. The van der Waals surface area contributed by atoms with Gasteiger partial charge in [0.2, 0.25) is 5.91 Å². The SMILES string of the molecule is NC(=S)CCCCNC(=O)C1CCCOC1. The van der Waals surface area contributed by atoms with Crippen LogP contribution in [0.5, 0.6) is 0 Å². The fraction of sp³-hybridized carbons (Fsp3) is 0.818. The summed E-state index contributed by atoms with van der Waals surface area (Å²) < 4.78 is 5.27. The largest absolute Gasteiger partial charge is 0.393 e. The van der Waals surface area contributed by atoms with E-state index in [0.717, 1.165) is 38.7 Å². The van der Waals surface area contributed by atoms with Crippen LogP contribution in [0.2, 0.25) is 0 Å². The average molecular weight is 244 g/mol. The minimum Gasteiger partial charge on any atom is -0.393 e. The first-order valence-electron chi connectivity index (χ1n) is 5.84. The van der Waals surface area contributed by atoms with Gasteiger partial charge in [0, 0.05) is 13.2 Å². The number of nitrogens with two attached hydrogens (primary N) is 1. The van der Waals surface area contributed by atoms with Crippen LogP contribution in [0.3, 0.4) is 0 Å². The van der Waals surface area contributed by atoms with E-state index in [1.54, 1.807) is 0 Å². The molecular weight excluding hydrogens is 224 g/mol. The van der Waals surface area contributed by atoms with Crippen molar-refractivity contribution in [2.45, 2.75) is 32.1 Å². The van der Waals surface area contributed by atoms with Gasteiger partial charge in [0.1, 0.15) is 0 Å². The number of hydrogen-bond donors (Lipinski definition) is 2. The number of thiocarbonyl (C=S) groups is 1. The van der Waals surface area contributed by atoms with Crippen LogP contribution in [0, 0.1) is 5.92 Å². The van der Waals surface area contributed by atoms with Crippen LogP contribution >= 0.6 is 12.2 Å². The normalized spacial score (nSPS) is 20.4. The molecule has 0 radical (unpaired) electrons. The van der Waals surface area contributed by atoms with Crippen LogP contribution in [-0.4, -0.2) is 30.7 Å². The maximum Gasteiger partial charge on any atom is 0.225 e. The van der Waals surface area contributed by atoms with Gasteiger partial charge in [-0.3, -0.25) is 4.79 Å². The number of ether oxygens (including phenoxy) is 1. The van der Waals surface area contributed by atoms with E-state index in [2.05, 4.69) is 5.32 Å². The van der Waals surface area contributed by atoms with Gasteiger partial charge in [0.05, 0.1) is 17.5 Å². The zero-order chi connectivity index (χ0) is 11.8. The molecule has 0 aromatic carbocycles. The average Bonchev–Trinajstić information content (AvgIpc) is 2.29. The number of carbonyl (C=O) groups is 1. The van der Waals surface area contributed by atoms with E-state index in [9.17, 15) is 4.79 Å². The summed E-state index contributed by atoms with van der Waals surface area (Å²) in [6.07, 6.45) is 4.56. The summed E-state index contributed by atoms with van der Waals surface area (Å²) in [5.74, 6) is 0.166. The molecule has 1 atom stereocenters. The topological polar surface area (TPSA) is 64.3 Å². The highest BCUT2D eigenvalue weighted by molar-refractivity contribution is 7.80. The lowest BCUT2D eigenvalue weighted by atomic mass is 10.0. The van der Waals surface area contributed by atoms with Crippen LogP contribution in [-0.2, 0) is 9.53 Å². The number of carbonyl (C=O) groups excluding carboxylic acids is 1. The van der Waals surface area contributed by atoms with Crippen LogP contribution < -0.4 is 11.1 Å². The lowest BCUT2D eigenvalue weighted by Gasteiger charge is -2.21. The van der Waals surface area contributed by atoms with E-state index in [0.29, 0.717) is 18.1 Å². The van der Waals surface area contributed by atoms with Crippen molar-refractivity contribution in [2.24, 2.45) is 11.7 Å². The molecule has 0 aliphatic carbocycles. The van der Waals surface area contributed by atoms with E-state index in [-0.39, 0.29) is 11.8 Å². The predicted octanol–water partition coefficient (Wildman–Crippen LogP) is 0.986. The van der Waals surface area contributed by atoms with Gasteiger partial charge in [-0.1, -0.05) is 12.2 Å². The maximum absolute atomic E-state index is 11.7. The van der Waals surface area contributed by atoms with E-state index < -0.39 is 0 Å². The van der Waals surface area contributed by atoms with Crippen molar-refractivity contribution in [1.82, 2.24) is 5.32 Å². The lowest BCUT2D eigenvalue weighted by Crippen LogP contribution is -2.36. The lowest BCUT2D eigenvalue weighted by molar-refractivity contribution is -0.128. The summed E-state index contributed by atoms with van der Waals surface area (Å²) in [7, 11) is 0. The smallest absolute Gasteiger partial charge is 0.225 e. The summed E-state index contributed by atoms with van der Waals surface area (Å²) in [5.41, 5.74) is 5.38. The summed E-state index contributed by atoms with van der Waals surface area (Å²) in [5, 5.41) is 2.92. The first kappa shape index (κ1) is 13.4. The van der Waals surface area contributed by atoms with Gasteiger partial charge >= 0.3 is 0 Å². The van der Waals surface area contributed by atoms with E-state index in [1.807, 2.05) is 0 Å². The molecule has 3 N–H and O–H groups in total. The molecule has 0 aromatic rings. The van der Waals surface area contributed by atoms with E-state index in [1.165, 1.54) is 0 Å². The Balaban J connectivity index is 2.03. The van der Waals surface area contributed by atoms with Crippen molar-refractivity contribution in [3.8, 4) is 0 Å². The van der Waals surface area contributed by atoms with E-state index in [4.69, 9.17) is 22.7 Å². The minimum absolute atomic E-state index is 0.0457. The first-order chi connectivity index (χ1) is 7.70. The number of rotatable bonds is 6. The van der Waals surface area contributed by atoms with Crippen LogP contribution in [0.4, 0.5) is 0 Å². The third-order valence-corrected chi connectivity index (χ3v) is 2.88. The molecule has 5 heteroatoms. The Labute approximate surface area is 102 Å². The zero-order valence-corrected chi connectivity index (χ0v) is 10.4. The zero-order valence-electron chi connectivity index (χ0n) is 9.54. The van der Waals surface area contributed by atoms with Crippen LogP contribution in [0.15, 0.2) is 0 Å². The van der Waals surface area contributed by atoms with Crippen molar-refractivity contribution < 1.29 is 9.53 Å². The number of amides is 1. The number of hydrogen-bond acceptors (Lipinski definition) is 3. The van der Waals surface area contributed by atoms with Gasteiger partial charge in [-0.25, -0.2) is 0 Å². The summed E-state index contributed by atoms with van der Waals surface area (Å²) >= 11 is 4.77. The molecule has 92 valence electrons. The van der Waals surface area contributed by atoms with Crippen molar-refractivity contribution in [2.75, 3.05) is 19.8 Å². The fourth-order valence-electron chi connectivity index (χ4n) is 1.73. The highest BCUT2D eigenvalue weighted by atomic mass is 32.1. The Morgan fingerprint density at radius 1 is 1.50 bits per heavy atom. The Bertz CT molecular complexity index is 240. The minimum atomic E-state index is 0.0457. The molecule has 4 nitrogen and oxygen atoms in total. The molecule has 1 amide bonds. The first-order valence-corrected chi connectivity index (χ1v) is 6.24. The number of nitrogens with one attached hydrogen (secondary N) is 1. The van der Waals surface area contributed by atoms with Crippen molar-refractivity contribution in [3.05, 3.63) is 0 Å². The van der Waals surface area contributed by atoms with Gasteiger partial charge in [-0.05, 0) is 32.1 Å². The highest BCUT2D eigenvalue weighted by Crippen LogP contribution is 2.13. The maximum atomic E-state index is 11.7. The molecule has 1 rings (SSSR count). The Hall–Kier alpha value is -0.680. The second-order valence-corrected chi connectivity index (χ2v) is 4.65. The molecule has 1 aliphatic rings. The third-order valence-electron chi connectivity index (χ3n) is 2.68. The van der Waals surface area contributed by atoms with Crippen molar-refractivity contribution in [1.29, 1.82) is 0 Å². The highest BCUT2D eigenvalue weighted by Gasteiger charge is 2.20. The van der Waals surface area contributed by atoms with Crippen LogP contribution in [0.25, 0.3) is 0 Å². The quantitative estimate of drug-likeness (QED) is 0.540. The van der Waals surface area contributed by atoms with Crippen molar-refractivity contribution in [3.63, 3.8) is 0 Å². The van der Waals surface area contributed by atoms with Gasteiger partial charge in [0.25, 0.3) is 0 Å². The molecule has 16 heavy (non-hydrogen) atoms. The summed E-state index contributed by atoms with van der Waals surface area (Å²) in [6.45, 7) is 2.06. The van der Waals surface area contributed by atoms with Crippen molar-refractivity contribution >= 4 is 23.1 Å². The molecule has 0 saturated carbocycles. The van der Waals surface area contributed by atoms with Gasteiger partial charge in [-0.15, -0.1) is 0 Å². The summed E-state index contributed by atoms with van der Waals surface area (Å²) in [4.78, 5) is 12.2. The Morgan fingerprint density at radius 2 is 2.31 bits per heavy atom. The molecule has 1 fully saturated rings. The molecule has 1 unspecified atom stereocenters. The Kier molecular flexibility index (Phi) is 6.33. The Morgan fingerprint density at radius 3 is 2.94 bits per heavy atom. The molecule has 0 spiro atoms. The molecule has 1 heterocycles. The van der Waals surface area contributed by atoms with Gasteiger partial charge < -0.3 is 15.8 Å². The molecular formula is C11H20N2O2S. The van der Waals surface area contributed by atoms with Gasteiger partial charge in [-0.2, -0.15) is 0 Å².